The topological polar surface area (TPSA) is 88.7 Å². The lowest BCUT2D eigenvalue weighted by molar-refractivity contribution is -0.116. The van der Waals surface area contributed by atoms with Crippen LogP contribution < -0.4 is 25.6 Å². The van der Waals surface area contributed by atoms with Crippen molar-refractivity contribution in [3.8, 4) is 11.5 Å². The summed E-state index contributed by atoms with van der Waals surface area (Å²) in [6, 6.07) is 4.84. The Morgan fingerprint density at radius 1 is 1.09 bits per heavy atom. The van der Waals surface area contributed by atoms with Crippen LogP contribution in [0.25, 0.3) is 0 Å². The molecule has 1 rings (SSSR count). The van der Waals surface area contributed by atoms with Crippen LogP contribution in [0.5, 0.6) is 11.5 Å². The van der Waals surface area contributed by atoms with Gasteiger partial charge in [-0.2, -0.15) is 0 Å². The monoisotopic (exact) mass is 307 g/mol. The number of hydrogen-bond acceptors (Lipinski definition) is 5. The molecule has 1 aromatic rings. The van der Waals surface area contributed by atoms with E-state index in [0.29, 0.717) is 29.3 Å². The van der Waals surface area contributed by atoms with E-state index in [1.54, 1.807) is 25.1 Å². The van der Waals surface area contributed by atoms with Crippen molar-refractivity contribution in [3.63, 3.8) is 0 Å². The molecule has 0 aliphatic heterocycles. The number of hydrazine groups is 1. The molecule has 0 saturated carbocycles. The second-order valence-corrected chi connectivity index (χ2v) is 4.40. The smallest absolute Gasteiger partial charge is 0.269 e. The van der Waals surface area contributed by atoms with Gasteiger partial charge in [-0.3, -0.25) is 15.0 Å². The van der Waals surface area contributed by atoms with Crippen molar-refractivity contribution in [3.05, 3.63) is 35.5 Å². The van der Waals surface area contributed by atoms with E-state index >= 15 is 0 Å². The highest BCUT2D eigenvalue weighted by atomic mass is 16.5. The van der Waals surface area contributed by atoms with Crippen LogP contribution in [-0.2, 0) is 4.79 Å². The van der Waals surface area contributed by atoms with Crippen LogP contribution in [0.1, 0.15) is 24.2 Å². The highest BCUT2D eigenvalue weighted by molar-refractivity contribution is 5.95. The van der Waals surface area contributed by atoms with E-state index in [4.69, 9.17) is 9.47 Å². The average molecular weight is 307 g/mol. The summed E-state index contributed by atoms with van der Waals surface area (Å²) in [5, 5.41) is 2.62. The van der Waals surface area contributed by atoms with E-state index in [9.17, 15) is 9.59 Å². The average Bonchev–Trinajstić information content (AvgIpc) is 2.52. The van der Waals surface area contributed by atoms with Gasteiger partial charge in [0.15, 0.2) is 0 Å². The third-order valence-corrected chi connectivity index (χ3v) is 2.69. The first-order valence-electron chi connectivity index (χ1n) is 6.75. The molecule has 0 unspecified atom stereocenters. The number of hydrogen-bond donors (Lipinski definition) is 3. The van der Waals surface area contributed by atoms with Gasteiger partial charge in [-0.25, -0.2) is 0 Å². The first-order valence-corrected chi connectivity index (χ1v) is 6.75. The minimum absolute atomic E-state index is 0.232. The van der Waals surface area contributed by atoms with Gasteiger partial charge in [0, 0.05) is 29.9 Å². The standard InChI is InChI=1S/C15H21N3O4/c1-5-16-14(19)6-10(2)17-18-15(20)11-7-12(21-3)9-13(8-11)22-4/h6-9,17H,5H2,1-4H3,(H,16,19)(H,18,20). The van der Waals surface area contributed by atoms with Crippen LogP contribution >= 0.6 is 0 Å². The minimum Gasteiger partial charge on any atom is -0.497 e. The first kappa shape index (κ1) is 17.4. The van der Waals surface area contributed by atoms with Gasteiger partial charge in [0.25, 0.3) is 5.91 Å². The SMILES string of the molecule is CCNC(=O)C=C(C)NNC(=O)c1cc(OC)cc(OC)c1. The van der Waals surface area contributed by atoms with Crippen molar-refractivity contribution >= 4 is 11.8 Å². The van der Waals surface area contributed by atoms with Crippen molar-refractivity contribution in [1.82, 2.24) is 16.2 Å². The number of nitrogens with one attached hydrogen (secondary N) is 3. The van der Waals surface area contributed by atoms with E-state index in [2.05, 4.69) is 16.2 Å². The lowest BCUT2D eigenvalue weighted by Gasteiger charge is -2.11. The number of amides is 2. The predicted octanol–water partition coefficient (Wildman–Crippen LogP) is 0.978. The normalized spacial score (nSPS) is 10.6. The Balaban J connectivity index is 2.71. The fourth-order valence-electron chi connectivity index (χ4n) is 1.62. The van der Waals surface area contributed by atoms with Crippen LogP contribution in [-0.4, -0.2) is 32.6 Å². The van der Waals surface area contributed by atoms with Gasteiger partial charge < -0.3 is 20.2 Å². The third kappa shape index (κ3) is 5.35. The maximum atomic E-state index is 12.1. The molecule has 1 aromatic carbocycles. The highest BCUT2D eigenvalue weighted by Crippen LogP contribution is 2.22. The van der Waals surface area contributed by atoms with Crippen LogP contribution in [0, 0.1) is 0 Å². The molecule has 2 amide bonds. The lowest BCUT2D eigenvalue weighted by atomic mass is 10.2. The van der Waals surface area contributed by atoms with Gasteiger partial charge in [0.1, 0.15) is 11.5 Å². The van der Waals surface area contributed by atoms with Crippen molar-refractivity contribution in [2.24, 2.45) is 0 Å². The zero-order valence-corrected chi connectivity index (χ0v) is 13.1. The number of methoxy groups -OCH3 is 2. The summed E-state index contributed by atoms with van der Waals surface area (Å²) in [5.41, 5.74) is 6.04. The number of likely N-dealkylation sites (N-methyl/N-ethyl adjacent to an activating group) is 1. The molecule has 7 nitrogen and oxygen atoms in total. The Morgan fingerprint density at radius 3 is 2.18 bits per heavy atom. The highest BCUT2D eigenvalue weighted by Gasteiger charge is 2.09. The molecular formula is C15H21N3O4. The van der Waals surface area contributed by atoms with Crippen LogP contribution in [0.15, 0.2) is 30.0 Å². The van der Waals surface area contributed by atoms with Gasteiger partial charge in [-0.1, -0.05) is 0 Å². The predicted molar refractivity (Wildman–Crippen MR) is 82.6 cm³/mol. The molecule has 0 aliphatic carbocycles. The van der Waals surface area contributed by atoms with Crippen LogP contribution in [0.4, 0.5) is 0 Å². The van der Waals surface area contributed by atoms with E-state index < -0.39 is 0 Å². The molecule has 0 spiro atoms. The molecule has 0 saturated heterocycles. The second kappa shape index (κ2) is 8.56. The van der Waals surface area contributed by atoms with Gasteiger partial charge in [-0.05, 0) is 26.0 Å². The molecule has 0 fully saturated rings. The maximum absolute atomic E-state index is 12.1. The van der Waals surface area contributed by atoms with Crippen molar-refractivity contribution in [2.75, 3.05) is 20.8 Å². The zero-order valence-electron chi connectivity index (χ0n) is 13.1. The number of ether oxygens (including phenoxy) is 2. The van der Waals surface area contributed by atoms with Crippen molar-refractivity contribution in [1.29, 1.82) is 0 Å². The summed E-state index contributed by atoms with van der Waals surface area (Å²) < 4.78 is 10.2. The Kier molecular flexibility index (Phi) is 6.75. The summed E-state index contributed by atoms with van der Waals surface area (Å²) in [6.45, 7) is 4.03. The maximum Gasteiger partial charge on any atom is 0.269 e. The number of rotatable bonds is 7. The lowest BCUT2D eigenvalue weighted by Crippen LogP contribution is -2.36. The van der Waals surface area contributed by atoms with E-state index in [-0.39, 0.29) is 11.8 Å². The molecule has 120 valence electrons. The summed E-state index contributed by atoms with van der Waals surface area (Å²) >= 11 is 0. The van der Waals surface area contributed by atoms with Crippen LogP contribution in [0.3, 0.4) is 0 Å². The summed E-state index contributed by atoms with van der Waals surface area (Å²) in [4.78, 5) is 23.4. The molecule has 0 bridgehead atoms. The Bertz CT molecular complexity index is 548. The number of carbonyl (C=O) groups is 2. The quantitative estimate of drug-likeness (QED) is 0.516. The fourth-order valence-corrected chi connectivity index (χ4v) is 1.62. The number of allylic oxidation sites excluding steroid dienone is 1. The van der Waals surface area contributed by atoms with E-state index in [1.165, 1.54) is 20.3 Å². The molecule has 0 heterocycles. The Hall–Kier alpha value is -2.70. The Labute approximate surface area is 129 Å². The molecule has 7 heteroatoms. The van der Waals surface area contributed by atoms with Crippen molar-refractivity contribution in [2.45, 2.75) is 13.8 Å². The number of carbonyl (C=O) groups excluding carboxylic acids is 2. The Morgan fingerprint density at radius 2 is 1.68 bits per heavy atom. The summed E-state index contributed by atoms with van der Waals surface area (Å²) in [5.74, 6) is 0.420. The van der Waals surface area contributed by atoms with E-state index in [0.717, 1.165) is 0 Å². The number of benzene rings is 1. The van der Waals surface area contributed by atoms with Gasteiger partial charge >= 0.3 is 0 Å². The molecule has 0 atom stereocenters. The van der Waals surface area contributed by atoms with E-state index in [1.807, 2.05) is 6.92 Å². The molecule has 22 heavy (non-hydrogen) atoms. The van der Waals surface area contributed by atoms with Gasteiger partial charge in [0.05, 0.1) is 14.2 Å². The van der Waals surface area contributed by atoms with Gasteiger partial charge in [-0.15, -0.1) is 0 Å². The summed E-state index contributed by atoms with van der Waals surface area (Å²) in [7, 11) is 3.02. The molecule has 0 aromatic heterocycles. The zero-order chi connectivity index (χ0) is 16.5. The summed E-state index contributed by atoms with van der Waals surface area (Å²) in [6.07, 6.45) is 1.36. The molecule has 0 radical (unpaired) electrons. The largest absolute Gasteiger partial charge is 0.497 e. The molecule has 3 N–H and O–H groups in total. The molecule has 0 aliphatic rings. The van der Waals surface area contributed by atoms with Gasteiger partial charge in [0.2, 0.25) is 5.91 Å². The third-order valence-electron chi connectivity index (χ3n) is 2.69. The van der Waals surface area contributed by atoms with Crippen molar-refractivity contribution < 1.29 is 19.1 Å². The minimum atomic E-state index is -0.374. The first-order chi connectivity index (χ1) is 10.5. The second-order valence-electron chi connectivity index (χ2n) is 4.40. The molecular weight excluding hydrogens is 286 g/mol. The fraction of sp³-hybridized carbons (Fsp3) is 0.333. The van der Waals surface area contributed by atoms with Crippen LogP contribution in [0.2, 0.25) is 0 Å².